The van der Waals surface area contributed by atoms with E-state index in [2.05, 4.69) is 10.4 Å². The minimum atomic E-state index is -0.595. The monoisotopic (exact) mass is 418 g/mol. The average Bonchev–Trinajstić information content (AvgIpc) is 3.13. The third kappa shape index (κ3) is 4.18. The van der Waals surface area contributed by atoms with Crippen molar-refractivity contribution in [1.82, 2.24) is 9.78 Å². The maximum atomic E-state index is 12.9. The van der Waals surface area contributed by atoms with Crippen LogP contribution in [0.2, 0.25) is 0 Å². The summed E-state index contributed by atoms with van der Waals surface area (Å²) in [5, 5.41) is 7.03. The maximum absolute atomic E-state index is 12.9. The number of hydrogen-bond donors (Lipinski definition) is 1. The zero-order chi connectivity index (χ0) is 22.0. The highest BCUT2D eigenvalue weighted by Gasteiger charge is 2.30. The topological polar surface area (TPSA) is 93.5 Å². The normalized spacial score (nSPS) is 15.6. The van der Waals surface area contributed by atoms with E-state index in [4.69, 9.17) is 4.74 Å². The molecule has 1 aliphatic rings. The molecule has 2 aromatic carbocycles. The van der Waals surface area contributed by atoms with Crippen molar-refractivity contribution < 1.29 is 19.1 Å². The van der Waals surface area contributed by atoms with Crippen LogP contribution in [0.15, 0.2) is 60.8 Å². The minimum Gasteiger partial charge on any atom is -0.452 e. The molecule has 158 valence electrons. The number of aryl methyl sites for hydroxylation is 1. The van der Waals surface area contributed by atoms with Crippen LogP contribution in [0.3, 0.4) is 0 Å². The number of fused-ring (bicyclic) bond motifs is 1. The summed E-state index contributed by atoms with van der Waals surface area (Å²) in [4.78, 5) is 38.9. The van der Waals surface area contributed by atoms with Gasteiger partial charge in [0, 0.05) is 24.4 Å². The Balaban J connectivity index is 1.45. The van der Waals surface area contributed by atoms with E-state index in [1.807, 2.05) is 13.0 Å². The Hall–Kier alpha value is -3.94. The number of hydrogen-bond acceptors (Lipinski definition) is 5. The van der Waals surface area contributed by atoms with Crippen LogP contribution in [0.25, 0.3) is 5.69 Å². The first kappa shape index (κ1) is 20.3. The summed E-state index contributed by atoms with van der Waals surface area (Å²) in [6, 6.07) is 15.4. The van der Waals surface area contributed by atoms with Gasteiger partial charge in [-0.15, -0.1) is 0 Å². The fourth-order valence-electron chi connectivity index (χ4n) is 3.63. The van der Waals surface area contributed by atoms with Crippen molar-refractivity contribution in [1.29, 1.82) is 0 Å². The molecule has 1 atom stereocenters. The molecule has 1 N–H and O–H groups in total. The number of aromatic nitrogens is 2. The minimum absolute atomic E-state index is 0.155. The molecule has 0 saturated carbocycles. The van der Waals surface area contributed by atoms with Gasteiger partial charge in [-0.25, -0.2) is 9.48 Å². The van der Waals surface area contributed by atoms with Gasteiger partial charge in [-0.05, 0) is 56.3 Å². The highest BCUT2D eigenvalue weighted by atomic mass is 16.5. The molecule has 0 radical (unpaired) electrons. The molecule has 8 nitrogen and oxygen atoms in total. The van der Waals surface area contributed by atoms with E-state index < -0.39 is 18.5 Å². The molecular formula is C23H22N4O4. The van der Waals surface area contributed by atoms with Crippen LogP contribution in [0.4, 0.5) is 11.4 Å². The number of benzene rings is 2. The summed E-state index contributed by atoms with van der Waals surface area (Å²) < 4.78 is 7.03. The maximum Gasteiger partial charge on any atom is 0.338 e. The van der Waals surface area contributed by atoms with Crippen LogP contribution in [0.5, 0.6) is 0 Å². The second-order valence-corrected chi connectivity index (χ2v) is 7.39. The van der Waals surface area contributed by atoms with Gasteiger partial charge in [-0.2, -0.15) is 5.10 Å². The van der Waals surface area contributed by atoms with Crippen molar-refractivity contribution in [2.24, 2.45) is 0 Å². The Labute approximate surface area is 179 Å². The van der Waals surface area contributed by atoms with Gasteiger partial charge in [-0.1, -0.05) is 12.1 Å². The molecule has 0 spiro atoms. The summed E-state index contributed by atoms with van der Waals surface area (Å²) in [6.45, 7) is 3.30. The highest BCUT2D eigenvalue weighted by molar-refractivity contribution is 6.05. The number of nitrogens with one attached hydrogen (secondary N) is 1. The van der Waals surface area contributed by atoms with Crippen LogP contribution >= 0.6 is 0 Å². The van der Waals surface area contributed by atoms with Crippen molar-refractivity contribution in [3.8, 4) is 5.69 Å². The summed E-state index contributed by atoms with van der Waals surface area (Å²) in [6.07, 6.45) is 1.86. The SMILES string of the molecule is Cc1ccnn1-c1ccc(C(=O)OCC(=O)N2c3ccccc3NC(=O)C[C@@H]2C)cc1. The Bertz CT molecular complexity index is 1140. The predicted octanol–water partition coefficient (Wildman–Crippen LogP) is 3.10. The van der Waals surface area contributed by atoms with E-state index in [9.17, 15) is 14.4 Å². The molecule has 0 aliphatic carbocycles. The molecule has 8 heteroatoms. The average molecular weight is 418 g/mol. The Morgan fingerprint density at radius 1 is 1.13 bits per heavy atom. The number of amides is 2. The largest absolute Gasteiger partial charge is 0.452 e. The van der Waals surface area contributed by atoms with Gasteiger partial charge in [-0.3, -0.25) is 9.59 Å². The zero-order valence-corrected chi connectivity index (χ0v) is 17.2. The number of rotatable bonds is 4. The molecule has 3 aromatic rings. The van der Waals surface area contributed by atoms with Gasteiger partial charge in [0.25, 0.3) is 5.91 Å². The molecule has 0 saturated heterocycles. The lowest BCUT2D eigenvalue weighted by Gasteiger charge is -2.27. The molecule has 0 unspecified atom stereocenters. The number of esters is 1. The van der Waals surface area contributed by atoms with Gasteiger partial charge < -0.3 is 15.0 Å². The third-order valence-corrected chi connectivity index (χ3v) is 5.13. The highest BCUT2D eigenvalue weighted by Crippen LogP contribution is 2.31. The van der Waals surface area contributed by atoms with Crippen LogP contribution in [-0.4, -0.2) is 40.2 Å². The molecule has 1 aliphatic heterocycles. The number of nitrogens with zero attached hydrogens (tertiary/aromatic N) is 3. The molecule has 4 rings (SSSR count). The standard InChI is InChI=1S/C23H22N4O4/c1-15-11-12-24-27(15)18-9-7-17(8-10-18)23(30)31-14-22(29)26-16(2)13-21(28)25-19-5-3-4-6-20(19)26/h3-12,16H,13-14H2,1-2H3,(H,25,28)/t16-/m0/s1. The lowest BCUT2D eigenvalue weighted by Crippen LogP contribution is -2.41. The van der Waals surface area contributed by atoms with Gasteiger partial charge in [0.15, 0.2) is 6.61 Å². The Morgan fingerprint density at radius 3 is 2.58 bits per heavy atom. The summed E-state index contributed by atoms with van der Waals surface area (Å²) in [7, 11) is 0. The first-order valence-corrected chi connectivity index (χ1v) is 9.93. The van der Waals surface area contributed by atoms with Crippen molar-refractivity contribution >= 4 is 29.2 Å². The van der Waals surface area contributed by atoms with Crippen molar-refractivity contribution in [3.63, 3.8) is 0 Å². The Kier molecular flexibility index (Phi) is 5.53. The van der Waals surface area contributed by atoms with E-state index in [-0.39, 0.29) is 18.4 Å². The first-order valence-electron chi connectivity index (χ1n) is 9.93. The lowest BCUT2D eigenvalue weighted by molar-refractivity contribution is -0.122. The van der Waals surface area contributed by atoms with Crippen molar-refractivity contribution in [3.05, 3.63) is 72.1 Å². The fraction of sp³-hybridized carbons (Fsp3) is 0.217. The zero-order valence-electron chi connectivity index (χ0n) is 17.2. The number of carbonyl (C=O) groups is 3. The molecule has 31 heavy (non-hydrogen) atoms. The third-order valence-electron chi connectivity index (χ3n) is 5.13. The summed E-state index contributed by atoms with van der Waals surface area (Å²) >= 11 is 0. The molecule has 0 bridgehead atoms. The molecule has 2 heterocycles. The first-order chi connectivity index (χ1) is 14.9. The van der Waals surface area contributed by atoms with Gasteiger partial charge >= 0.3 is 5.97 Å². The van der Waals surface area contributed by atoms with E-state index in [0.717, 1.165) is 11.4 Å². The smallest absolute Gasteiger partial charge is 0.338 e. The van der Waals surface area contributed by atoms with Crippen molar-refractivity contribution in [2.75, 3.05) is 16.8 Å². The fourth-order valence-corrected chi connectivity index (χ4v) is 3.63. The van der Waals surface area contributed by atoms with Crippen LogP contribution in [-0.2, 0) is 14.3 Å². The molecule has 1 aromatic heterocycles. The second kappa shape index (κ2) is 8.43. The number of para-hydroxylation sites is 2. The van der Waals surface area contributed by atoms with Crippen LogP contribution < -0.4 is 10.2 Å². The lowest BCUT2D eigenvalue weighted by atomic mass is 10.1. The van der Waals surface area contributed by atoms with Gasteiger partial charge in [0.2, 0.25) is 5.91 Å². The van der Waals surface area contributed by atoms with E-state index in [1.54, 1.807) is 66.3 Å². The molecular weight excluding hydrogens is 396 g/mol. The van der Waals surface area contributed by atoms with E-state index in [1.165, 1.54) is 4.90 Å². The number of ether oxygens (including phenoxy) is 1. The van der Waals surface area contributed by atoms with Crippen LogP contribution in [0, 0.1) is 6.92 Å². The van der Waals surface area contributed by atoms with Gasteiger partial charge in [0.1, 0.15) is 0 Å². The van der Waals surface area contributed by atoms with E-state index in [0.29, 0.717) is 16.9 Å². The summed E-state index contributed by atoms with van der Waals surface area (Å²) in [5.74, 6) is -1.16. The van der Waals surface area contributed by atoms with E-state index >= 15 is 0 Å². The van der Waals surface area contributed by atoms with Crippen LogP contribution in [0.1, 0.15) is 29.4 Å². The van der Waals surface area contributed by atoms with Crippen molar-refractivity contribution in [2.45, 2.75) is 26.3 Å². The molecule has 0 fully saturated rings. The predicted molar refractivity (Wildman–Crippen MR) is 115 cm³/mol. The Morgan fingerprint density at radius 2 is 1.87 bits per heavy atom. The van der Waals surface area contributed by atoms with Gasteiger partial charge in [0.05, 0.1) is 22.6 Å². The number of carbonyl (C=O) groups excluding carboxylic acids is 3. The second-order valence-electron chi connectivity index (χ2n) is 7.39. The number of anilines is 2. The molecule has 2 amide bonds. The summed E-state index contributed by atoms with van der Waals surface area (Å²) in [5.41, 5.74) is 3.27. The quantitative estimate of drug-likeness (QED) is 0.657.